The zero-order chi connectivity index (χ0) is 8.85. The van der Waals surface area contributed by atoms with Crippen LogP contribution >= 0.6 is 0 Å². The quantitative estimate of drug-likeness (QED) is 0.658. The van der Waals surface area contributed by atoms with Crippen LogP contribution in [-0.2, 0) is 0 Å². The molecule has 2 heteroatoms. The zero-order valence-electron chi connectivity index (χ0n) is 7.81. The summed E-state index contributed by atoms with van der Waals surface area (Å²) >= 11 is 0. The lowest BCUT2D eigenvalue weighted by Gasteiger charge is -2.22. The van der Waals surface area contributed by atoms with Crippen LogP contribution in [0.15, 0.2) is 0 Å². The maximum absolute atomic E-state index is 13.2. The number of halogens is 1. The number of hydrogen-bond acceptors (Lipinski definition) is 1. The fourth-order valence-corrected chi connectivity index (χ4v) is 1.33. The molecule has 0 fully saturated rings. The Morgan fingerprint density at radius 3 is 2.18 bits per heavy atom. The van der Waals surface area contributed by atoms with Gasteiger partial charge in [-0.3, -0.25) is 0 Å². The SMILES string of the molecule is CCCC(F)C(CN)C(C)C. The highest BCUT2D eigenvalue weighted by atomic mass is 19.1. The van der Waals surface area contributed by atoms with Crippen LogP contribution in [0.25, 0.3) is 0 Å². The largest absolute Gasteiger partial charge is 0.330 e. The van der Waals surface area contributed by atoms with E-state index >= 15 is 0 Å². The Bertz CT molecular complexity index is 93.6. The summed E-state index contributed by atoms with van der Waals surface area (Å²) in [6.45, 7) is 6.53. The molecule has 11 heavy (non-hydrogen) atoms. The van der Waals surface area contributed by atoms with Gasteiger partial charge in [-0.2, -0.15) is 0 Å². The summed E-state index contributed by atoms with van der Waals surface area (Å²) in [5, 5.41) is 0. The smallest absolute Gasteiger partial charge is 0.104 e. The highest BCUT2D eigenvalue weighted by Gasteiger charge is 2.21. The molecule has 2 atom stereocenters. The van der Waals surface area contributed by atoms with Gasteiger partial charge in [0, 0.05) is 5.92 Å². The molecule has 0 radical (unpaired) electrons. The lowest BCUT2D eigenvalue weighted by Crippen LogP contribution is -2.29. The fraction of sp³-hybridized carbons (Fsp3) is 1.00. The van der Waals surface area contributed by atoms with Crippen LogP contribution in [0.3, 0.4) is 0 Å². The van der Waals surface area contributed by atoms with Crippen molar-refractivity contribution in [3.63, 3.8) is 0 Å². The van der Waals surface area contributed by atoms with Crippen molar-refractivity contribution in [1.29, 1.82) is 0 Å². The third kappa shape index (κ3) is 3.71. The molecule has 0 saturated heterocycles. The van der Waals surface area contributed by atoms with E-state index in [4.69, 9.17) is 5.73 Å². The topological polar surface area (TPSA) is 26.0 Å². The summed E-state index contributed by atoms with van der Waals surface area (Å²) < 4.78 is 13.2. The van der Waals surface area contributed by atoms with Crippen LogP contribution in [-0.4, -0.2) is 12.7 Å². The van der Waals surface area contributed by atoms with Crippen molar-refractivity contribution in [2.75, 3.05) is 6.54 Å². The molecule has 0 aliphatic heterocycles. The summed E-state index contributed by atoms with van der Waals surface area (Å²) in [5.41, 5.74) is 5.46. The Labute approximate surface area is 69.2 Å². The molecule has 0 saturated carbocycles. The van der Waals surface area contributed by atoms with E-state index in [9.17, 15) is 4.39 Å². The second kappa shape index (κ2) is 5.53. The summed E-state index contributed by atoms with van der Waals surface area (Å²) in [5.74, 6) is 0.413. The number of alkyl halides is 1. The summed E-state index contributed by atoms with van der Waals surface area (Å²) in [7, 11) is 0. The maximum atomic E-state index is 13.2. The van der Waals surface area contributed by atoms with Gasteiger partial charge in [-0.1, -0.05) is 27.2 Å². The molecule has 0 aromatic heterocycles. The Hall–Kier alpha value is -0.110. The average molecular weight is 161 g/mol. The van der Waals surface area contributed by atoms with Crippen LogP contribution in [0, 0.1) is 11.8 Å². The molecular weight excluding hydrogens is 141 g/mol. The van der Waals surface area contributed by atoms with E-state index < -0.39 is 6.17 Å². The molecule has 0 spiro atoms. The van der Waals surface area contributed by atoms with E-state index in [0.717, 1.165) is 6.42 Å². The van der Waals surface area contributed by atoms with Crippen LogP contribution in [0.4, 0.5) is 4.39 Å². The van der Waals surface area contributed by atoms with Crippen molar-refractivity contribution >= 4 is 0 Å². The minimum absolute atomic E-state index is 0.0509. The van der Waals surface area contributed by atoms with Gasteiger partial charge in [-0.25, -0.2) is 4.39 Å². The molecular formula is C9H20FN. The van der Waals surface area contributed by atoms with Gasteiger partial charge in [0.1, 0.15) is 6.17 Å². The molecule has 0 aromatic rings. The second-order valence-electron chi connectivity index (χ2n) is 3.45. The van der Waals surface area contributed by atoms with Crippen LogP contribution in [0.1, 0.15) is 33.6 Å². The monoisotopic (exact) mass is 161 g/mol. The first-order valence-corrected chi connectivity index (χ1v) is 4.47. The molecule has 0 heterocycles. The van der Waals surface area contributed by atoms with Crippen molar-refractivity contribution in [1.82, 2.24) is 0 Å². The molecule has 0 rings (SSSR count). The van der Waals surface area contributed by atoms with E-state index in [1.54, 1.807) is 0 Å². The van der Waals surface area contributed by atoms with Crippen LogP contribution in [0.2, 0.25) is 0 Å². The van der Waals surface area contributed by atoms with Crippen LogP contribution in [0.5, 0.6) is 0 Å². The Morgan fingerprint density at radius 2 is 1.91 bits per heavy atom. The van der Waals surface area contributed by atoms with Gasteiger partial charge >= 0.3 is 0 Å². The fourth-order valence-electron chi connectivity index (χ4n) is 1.33. The van der Waals surface area contributed by atoms with E-state index in [2.05, 4.69) is 0 Å². The molecule has 1 nitrogen and oxygen atoms in total. The molecule has 2 N–H and O–H groups in total. The number of hydrogen-bond donors (Lipinski definition) is 1. The maximum Gasteiger partial charge on any atom is 0.104 e. The lowest BCUT2D eigenvalue weighted by atomic mass is 9.89. The first-order valence-electron chi connectivity index (χ1n) is 4.47. The first-order chi connectivity index (χ1) is 5.13. The summed E-state index contributed by atoms with van der Waals surface area (Å²) in [6.07, 6.45) is 0.856. The van der Waals surface area contributed by atoms with Gasteiger partial charge in [-0.05, 0) is 18.9 Å². The highest BCUT2D eigenvalue weighted by Crippen LogP contribution is 2.20. The predicted octanol–water partition coefficient (Wildman–Crippen LogP) is 2.36. The molecule has 68 valence electrons. The van der Waals surface area contributed by atoms with Crippen LogP contribution < -0.4 is 5.73 Å². The Morgan fingerprint density at radius 1 is 1.36 bits per heavy atom. The third-order valence-corrected chi connectivity index (χ3v) is 2.16. The van der Waals surface area contributed by atoms with Gasteiger partial charge in [0.15, 0.2) is 0 Å². The Balaban J connectivity index is 3.81. The normalized spacial score (nSPS) is 16.9. The van der Waals surface area contributed by atoms with E-state index in [1.807, 2.05) is 20.8 Å². The van der Waals surface area contributed by atoms with Gasteiger partial charge in [-0.15, -0.1) is 0 Å². The van der Waals surface area contributed by atoms with Crippen molar-refractivity contribution in [2.45, 2.75) is 39.8 Å². The molecule has 0 amide bonds. The summed E-state index contributed by atoms with van der Waals surface area (Å²) in [4.78, 5) is 0. The van der Waals surface area contributed by atoms with Gasteiger partial charge in [0.05, 0.1) is 0 Å². The van der Waals surface area contributed by atoms with Crippen molar-refractivity contribution < 1.29 is 4.39 Å². The van der Waals surface area contributed by atoms with E-state index in [-0.39, 0.29) is 5.92 Å². The molecule has 0 aliphatic rings. The molecule has 0 aliphatic carbocycles. The lowest BCUT2D eigenvalue weighted by molar-refractivity contribution is 0.174. The number of rotatable bonds is 5. The minimum atomic E-state index is -0.704. The van der Waals surface area contributed by atoms with Gasteiger partial charge in [0.2, 0.25) is 0 Å². The first kappa shape index (κ1) is 10.9. The predicted molar refractivity (Wildman–Crippen MR) is 47.2 cm³/mol. The molecule has 2 unspecified atom stereocenters. The second-order valence-corrected chi connectivity index (χ2v) is 3.45. The summed E-state index contributed by atoms with van der Waals surface area (Å²) in [6, 6.07) is 0. The zero-order valence-corrected chi connectivity index (χ0v) is 7.81. The number of nitrogens with two attached hydrogens (primary N) is 1. The standard InChI is InChI=1S/C9H20FN/c1-4-5-9(10)8(6-11)7(2)3/h7-9H,4-6,11H2,1-3H3. The van der Waals surface area contributed by atoms with E-state index in [0.29, 0.717) is 18.9 Å². The average Bonchev–Trinajstić information content (AvgIpc) is 1.88. The highest BCUT2D eigenvalue weighted by molar-refractivity contribution is 4.72. The van der Waals surface area contributed by atoms with Crippen molar-refractivity contribution in [2.24, 2.45) is 17.6 Å². The Kier molecular flexibility index (Phi) is 5.47. The minimum Gasteiger partial charge on any atom is -0.330 e. The van der Waals surface area contributed by atoms with Gasteiger partial charge < -0.3 is 5.73 Å². The van der Waals surface area contributed by atoms with E-state index in [1.165, 1.54) is 0 Å². The van der Waals surface area contributed by atoms with Crippen molar-refractivity contribution in [3.8, 4) is 0 Å². The van der Waals surface area contributed by atoms with Gasteiger partial charge in [0.25, 0.3) is 0 Å². The molecule has 0 aromatic carbocycles. The van der Waals surface area contributed by atoms with Crippen molar-refractivity contribution in [3.05, 3.63) is 0 Å². The molecule has 0 bridgehead atoms. The third-order valence-electron chi connectivity index (χ3n) is 2.16.